The Kier molecular flexibility index (Phi) is 7.59. The first-order valence-electron chi connectivity index (χ1n) is 12.0. The van der Waals surface area contributed by atoms with Gasteiger partial charge in [-0.25, -0.2) is 27.2 Å². The third-order valence-electron chi connectivity index (χ3n) is 5.79. The van der Waals surface area contributed by atoms with Crippen LogP contribution in [0.5, 0.6) is 0 Å². The highest BCUT2D eigenvalue weighted by Crippen LogP contribution is 2.35. The van der Waals surface area contributed by atoms with E-state index in [0.717, 1.165) is 3.97 Å². The number of carbonyl (C=O) groups is 2. The van der Waals surface area contributed by atoms with Gasteiger partial charge in [-0.1, -0.05) is 42.5 Å². The van der Waals surface area contributed by atoms with E-state index in [9.17, 15) is 18.0 Å². The molecule has 3 N–H and O–H groups in total. The second-order valence-electron chi connectivity index (χ2n) is 9.72. The van der Waals surface area contributed by atoms with Crippen LogP contribution in [0.15, 0.2) is 72.0 Å². The van der Waals surface area contributed by atoms with Crippen LogP contribution in [0.25, 0.3) is 22.2 Å². The molecule has 0 aliphatic heterocycles. The Morgan fingerprint density at radius 2 is 1.72 bits per heavy atom. The minimum absolute atomic E-state index is 0.0971. The number of benzene rings is 2. The Hall–Kier alpha value is -4.45. The highest BCUT2D eigenvalue weighted by Gasteiger charge is 2.26. The molecule has 2 heterocycles. The molecule has 0 bridgehead atoms. The second-order valence-corrected chi connectivity index (χ2v) is 11.5. The zero-order valence-corrected chi connectivity index (χ0v) is 22.7. The third-order valence-corrected chi connectivity index (χ3v) is 7.46. The van der Waals surface area contributed by atoms with E-state index in [1.807, 2.05) is 0 Å². The topological polar surface area (TPSA) is 156 Å². The second kappa shape index (κ2) is 10.7. The van der Waals surface area contributed by atoms with Crippen molar-refractivity contribution in [3.05, 3.63) is 72.7 Å². The van der Waals surface area contributed by atoms with Crippen LogP contribution in [0.3, 0.4) is 0 Å². The minimum Gasteiger partial charge on any atom is -0.469 e. The van der Waals surface area contributed by atoms with Crippen molar-refractivity contribution in [2.24, 2.45) is 0 Å². The Labute approximate surface area is 226 Å². The summed E-state index contributed by atoms with van der Waals surface area (Å²) in [7, 11) is -2.71. The number of anilines is 1. The minimum atomic E-state index is -3.98. The number of amides is 1. The van der Waals surface area contributed by atoms with Crippen molar-refractivity contribution in [1.29, 1.82) is 0 Å². The molecular weight excluding hydrogens is 522 g/mol. The number of aromatic nitrogens is 3. The molecule has 1 amide bonds. The number of methoxy groups -OCH3 is 1. The van der Waals surface area contributed by atoms with Crippen molar-refractivity contribution in [2.45, 2.75) is 43.7 Å². The molecule has 2 aromatic carbocycles. The van der Waals surface area contributed by atoms with Gasteiger partial charge in [-0.2, -0.15) is 0 Å². The molecule has 0 saturated carbocycles. The van der Waals surface area contributed by atoms with Gasteiger partial charge in [0.2, 0.25) is 0 Å². The molecule has 12 heteroatoms. The van der Waals surface area contributed by atoms with Crippen molar-refractivity contribution in [1.82, 2.24) is 19.3 Å². The molecule has 4 aromatic rings. The largest absolute Gasteiger partial charge is 0.469 e. The van der Waals surface area contributed by atoms with E-state index in [0.29, 0.717) is 22.1 Å². The molecule has 0 radical (unpaired) electrons. The number of nitrogens with zero attached hydrogens (tertiary/aromatic N) is 3. The zero-order valence-electron chi connectivity index (χ0n) is 21.9. The highest BCUT2D eigenvalue weighted by atomic mass is 32.2. The number of nitrogens with two attached hydrogens (primary N) is 1. The lowest BCUT2D eigenvalue weighted by molar-refractivity contribution is -0.141. The van der Waals surface area contributed by atoms with Crippen LogP contribution in [0.4, 0.5) is 10.6 Å². The van der Waals surface area contributed by atoms with Crippen LogP contribution in [-0.4, -0.2) is 47.1 Å². The van der Waals surface area contributed by atoms with Gasteiger partial charge >= 0.3 is 12.1 Å². The van der Waals surface area contributed by atoms with Crippen molar-refractivity contribution in [2.75, 3.05) is 12.8 Å². The maximum atomic E-state index is 13.4. The van der Waals surface area contributed by atoms with Gasteiger partial charge in [0.05, 0.1) is 29.9 Å². The molecule has 0 unspecified atom stereocenters. The quantitative estimate of drug-likeness (QED) is 0.324. The summed E-state index contributed by atoms with van der Waals surface area (Å²) in [5.41, 5.74) is 7.32. The molecule has 0 spiro atoms. The molecule has 204 valence electrons. The number of carbonyl (C=O) groups excluding carboxylic acids is 2. The van der Waals surface area contributed by atoms with E-state index in [1.165, 1.54) is 31.8 Å². The van der Waals surface area contributed by atoms with Gasteiger partial charge in [0.15, 0.2) is 5.65 Å². The summed E-state index contributed by atoms with van der Waals surface area (Å²) in [5, 5.41) is 3.09. The predicted molar refractivity (Wildman–Crippen MR) is 145 cm³/mol. The van der Waals surface area contributed by atoms with E-state index in [4.69, 9.17) is 15.2 Å². The summed E-state index contributed by atoms with van der Waals surface area (Å²) in [6.07, 6.45) is 1.86. The first kappa shape index (κ1) is 27.6. The van der Waals surface area contributed by atoms with Crippen LogP contribution < -0.4 is 11.1 Å². The number of ether oxygens (including phenoxy) is 2. The van der Waals surface area contributed by atoms with E-state index >= 15 is 0 Å². The molecule has 0 aliphatic rings. The summed E-state index contributed by atoms with van der Waals surface area (Å²) < 4.78 is 38.1. The molecule has 1 atom stereocenters. The van der Waals surface area contributed by atoms with E-state index in [-0.39, 0.29) is 22.8 Å². The molecular formula is C27H29N5O6S. The highest BCUT2D eigenvalue weighted by molar-refractivity contribution is 7.90. The van der Waals surface area contributed by atoms with Gasteiger partial charge in [0.25, 0.3) is 10.0 Å². The van der Waals surface area contributed by atoms with Crippen molar-refractivity contribution in [3.63, 3.8) is 0 Å². The Balaban J connectivity index is 1.75. The number of fused-ring (bicyclic) bond motifs is 1. The monoisotopic (exact) mass is 551 g/mol. The van der Waals surface area contributed by atoms with Gasteiger partial charge < -0.3 is 20.5 Å². The standard InChI is InChI=1S/C27H29N5O6S/c1-27(2,3)38-26(34)31-21(14-22(33)37-4)18-12-10-17(11-13-18)20-15-32(25-23(20)24(28)29-16-30-25)39(35,36)19-8-6-5-7-9-19/h5-13,15-16,21H,14H2,1-4H3,(H,31,34)(H2,28,29,30)/t21-/m1/s1. The Bertz CT molecular complexity index is 1610. The summed E-state index contributed by atoms with van der Waals surface area (Å²) in [6, 6.07) is 14.2. The van der Waals surface area contributed by atoms with Crippen molar-refractivity contribution >= 4 is 38.9 Å². The third kappa shape index (κ3) is 6.01. The SMILES string of the molecule is COC(=O)C[C@@H](NC(=O)OC(C)(C)C)c1ccc(-c2cn(S(=O)(=O)c3ccccc3)c3ncnc(N)c23)cc1. The molecule has 2 aromatic heterocycles. The van der Waals surface area contributed by atoms with Gasteiger partial charge in [0, 0.05) is 11.8 Å². The number of esters is 1. The number of alkyl carbamates (subject to hydrolysis) is 1. The average molecular weight is 552 g/mol. The Morgan fingerprint density at radius 1 is 1.05 bits per heavy atom. The summed E-state index contributed by atoms with van der Waals surface area (Å²) in [5.74, 6) is -0.393. The number of rotatable bonds is 7. The van der Waals surface area contributed by atoms with E-state index < -0.39 is 33.7 Å². The first-order chi connectivity index (χ1) is 18.4. The van der Waals surface area contributed by atoms with Crippen LogP contribution in [0, 0.1) is 0 Å². The van der Waals surface area contributed by atoms with Crippen LogP contribution in [0.2, 0.25) is 0 Å². The fourth-order valence-corrected chi connectivity index (χ4v) is 5.35. The summed E-state index contributed by atoms with van der Waals surface area (Å²) in [4.78, 5) is 32.8. The lowest BCUT2D eigenvalue weighted by Gasteiger charge is -2.23. The predicted octanol–water partition coefficient (Wildman–Crippen LogP) is 4.05. The molecule has 0 saturated heterocycles. The summed E-state index contributed by atoms with van der Waals surface area (Å²) in [6.45, 7) is 5.21. The summed E-state index contributed by atoms with van der Waals surface area (Å²) >= 11 is 0. The van der Waals surface area contributed by atoms with Crippen molar-refractivity contribution < 1.29 is 27.5 Å². The van der Waals surface area contributed by atoms with Crippen LogP contribution >= 0.6 is 0 Å². The number of hydrogen-bond donors (Lipinski definition) is 2. The average Bonchev–Trinajstić information content (AvgIpc) is 3.29. The lowest BCUT2D eigenvalue weighted by Crippen LogP contribution is -2.35. The van der Waals surface area contributed by atoms with E-state index in [2.05, 4.69) is 15.3 Å². The molecule has 11 nitrogen and oxygen atoms in total. The smallest absolute Gasteiger partial charge is 0.408 e. The molecule has 4 rings (SSSR count). The Morgan fingerprint density at radius 3 is 2.33 bits per heavy atom. The fourth-order valence-electron chi connectivity index (χ4n) is 4.01. The zero-order chi connectivity index (χ0) is 28.4. The lowest BCUT2D eigenvalue weighted by atomic mass is 9.99. The molecule has 0 aliphatic carbocycles. The van der Waals surface area contributed by atoms with Gasteiger partial charge in [0.1, 0.15) is 17.7 Å². The first-order valence-corrected chi connectivity index (χ1v) is 13.4. The normalized spacial score (nSPS) is 12.6. The van der Waals surface area contributed by atoms with Crippen LogP contribution in [-0.2, 0) is 24.3 Å². The number of hydrogen-bond acceptors (Lipinski definition) is 9. The van der Waals surface area contributed by atoms with Crippen LogP contribution in [0.1, 0.15) is 38.8 Å². The van der Waals surface area contributed by atoms with E-state index in [1.54, 1.807) is 63.2 Å². The van der Waals surface area contributed by atoms with Gasteiger partial charge in [-0.15, -0.1) is 0 Å². The maximum absolute atomic E-state index is 13.4. The number of nitrogen functional groups attached to an aromatic ring is 1. The maximum Gasteiger partial charge on any atom is 0.408 e. The van der Waals surface area contributed by atoms with Gasteiger partial charge in [-0.05, 0) is 44.0 Å². The fraction of sp³-hybridized carbons (Fsp3) is 0.259. The molecule has 39 heavy (non-hydrogen) atoms. The van der Waals surface area contributed by atoms with Crippen molar-refractivity contribution in [3.8, 4) is 11.1 Å². The van der Waals surface area contributed by atoms with Gasteiger partial charge in [-0.3, -0.25) is 4.79 Å². The number of nitrogens with one attached hydrogen (secondary N) is 1. The molecule has 0 fully saturated rings.